The van der Waals surface area contributed by atoms with Crippen LogP contribution in [0.3, 0.4) is 0 Å². The van der Waals surface area contributed by atoms with E-state index in [1.165, 1.54) is 0 Å². The molecule has 0 aliphatic carbocycles. The highest BCUT2D eigenvalue weighted by molar-refractivity contribution is 9.10. The van der Waals surface area contributed by atoms with E-state index >= 15 is 0 Å². The van der Waals surface area contributed by atoms with Crippen LogP contribution in [0.25, 0.3) is 0 Å². The summed E-state index contributed by atoms with van der Waals surface area (Å²) in [6.45, 7) is 4.90. The normalized spacial score (nSPS) is 12.6. The third-order valence-electron chi connectivity index (χ3n) is 3.18. The van der Waals surface area contributed by atoms with Crippen LogP contribution >= 0.6 is 15.9 Å². The van der Waals surface area contributed by atoms with E-state index in [-0.39, 0.29) is 0 Å². The van der Waals surface area contributed by atoms with E-state index in [0.717, 1.165) is 34.4 Å². The molecule has 2 aromatic rings. The van der Waals surface area contributed by atoms with Gasteiger partial charge in [0.05, 0.1) is 17.5 Å². The van der Waals surface area contributed by atoms with Crippen LogP contribution in [-0.4, -0.2) is 14.9 Å². The molecule has 102 valence electrons. The van der Waals surface area contributed by atoms with Gasteiger partial charge in [0.1, 0.15) is 0 Å². The highest BCUT2D eigenvalue weighted by Crippen LogP contribution is 2.21. The van der Waals surface area contributed by atoms with Crippen LogP contribution < -0.4 is 0 Å². The van der Waals surface area contributed by atoms with E-state index in [4.69, 9.17) is 0 Å². The van der Waals surface area contributed by atoms with Crippen LogP contribution in [0, 0.1) is 0 Å². The molecule has 0 fully saturated rings. The Morgan fingerprint density at radius 3 is 2.74 bits per heavy atom. The van der Waals surface area contributed by atoms with Gasteiger partial charge in [0.25, 0.3) is 0 Å². The topological polar surface area (TPSA) is 38.0 Å². The number of aromatic nitrogens is 2. The summed E-state index contributed by atoms with van der Waals surface area (Å²) in [7, 11) is 0. The molecule has 19 heavy (non-hydrogen) atoms. The fraction of sp³-hybridized carbons (Fsp3) is 0.400. The van der Waals surface area contributed by atoms with E-state index in [9.17, 15) is 5.11 Å². The van der Waals surface area contributed by atoms with Crippen LogP contribution in [-0.2, 0) is 19.4 Å². The molecule has 1 N–H and O–H groups in total. The van der Waals surface area contributed by atoms with E-state index in [1.807, 2.05) is 41.9 Å². The summed E-state index contributed by atoms with van der Waals surface area (Å²) in [5.74, 6) is 0. The Morgan fingerprint density at radius 1 is 1.32 bits per heavy atom. The van der Waals surface area contributed by atoms with E-state index in [2.05, 4.69) is 28.0 Å². The average molecular weight is 323 g/mol. The van der Waals surface area contributed by atoms with Crippen molar-refractivity contribution in [3.63, 3.8) is 0 Å². The molecule has 0 aliphatic rings. The molecule has 1 aromatic heterocycles. The second-order valence-electron chi connectivity index (χ2n) is 4.58. The first-order valence-corrected chi connectivity index (χ1v) is 7.42. The van der Waals surface area contributed by atoms with Crippen LogP contribution in [0.4, 0.5) is 0 Å². The molecule has 0 aliphatic heterocycles. The van der Waals surface area contributed by atoms with Gasteiger partial charge < -0.3 is 5.11 Å². The summed E-state index contributed by atoms with van der Waals surface area (Å²) in [6, 6.07) is 10.0. The molecule has 0 radical (unpaired) electrons. The van der Waals surface area contributed by atoms with Gasteiger partial charge >= 0.3 is 0 Å². The Hall–Kier alpha value is -1.13. The molecule has 0 saturated carbocycles. The van der Waals surface area contributed by atoms with Crippen molar-refractivity contribution in [1.29, 1.82) is 0 Å². The molecule has 0 spiro atoms. The number of nitrogens with zero attached hydrogens (tertiary/aromatic N) is 2. The summed E-state index contributed by atoms with van der Waals surface area (Å²) < 4.78 is 2.93. The maximum Gasteiger partial charge on any atom is 0.0996 e. The maximum atomic E-state index is 10.4. The highest BCUT2D eigenvalue weighted by atomic mass is 79.9. The van der Waals surface area contributed by atoms with Crippen LogP contribution in [0.5, 0.6) is 0 Å². The third-order valence-corrected chi connectivity index (χ3v) is 3.68. The third kappa shape index (κ3) is 3.45. The van der Waals surface area contributed by atoms with Crippen LogP contribution in [0.15, 0.2) is 34.8 Å². The maximum absolute atomic E-state index is 10.4. The summed E-state index contributed by atoms with van der Waals surface area (Å²) >= 11 is 3.45. The zero-order valence-corrected chi connectivity index (χ0v) is 12.9. The number of rotatable bonds is 5. The quantitative estimate of drug-likeness (QED) is 0.914. The van der Waals surface area contributed by atoms with Crippen molar-refractivity contribution >= 4 is 15.9 Å². The highest BCUT2D eigenvalue weighted by Gasteiger charge is 2.15. The van der Waals surface area contributed by atoms with Gasteiger partial charge in [-0.2, -0.15) is 5.10 Å². The number of aliphatic hydroxyl groups is 1. The van der Waals surface area contributed by atoms with Crippen molar-refractivity contribution in [2.45, 2.75) is 39.3 Å². The lowest BCUT2D eigenvalue weighted by Gasteiger charge is -2.12. The van der Waals surface area contributed by atoms with Gasteiger partial charge in [-0.25, -0.2) is 0 Å². The number of hydrogen-bond donors (Lipinski definition) is 1. The van der Waals surface area contributed by atoms with Crippen molar-refractivity contribution in [3.8, 4) is 0 Å². The smallest absolute Gasteiger partial charge is 0.0996 e. The minimum Gasteiger partial charge on any atom is -0.386 e. The van der Waals surface area contributed by atoms with Crippen LogP contribution in [0.2, 0.25) is 0 Å². The van der Waals surface area contributed by atoms with Crippen molar-refractivity contribution in [2.24, 2.45) is 0 Å². The monoisotopic (exact) mass is 322 g/mol. The number of aliphatic hydroxyl groups excluding tert-OH is 1. The lowest BCUT2D eigenvalue weighted by molar-refractivity contribution is 0.167. The van der Waals surface area contributed by atoms with Crippen molar-refractivity contribution in [3.05, 3.63) is 51.8 Å². The Bertz CT molecular complexity index is 551. The van der Waals surface area contributed by atoms with E-state index < -0.39 is 6.10 Å². The number of benzene rings is 1. The van der Waals surface area contributed by atoms with E-state index in [1.54, 1.807) is 0 Å². The van der Waals surface area contributed by atoms with Gasteiger partial charge in [0.2, 0.25) is 0 Å². The number of aryl methyl sites for hydroxylation is 2. The SMILES string of the molecule is CCc1cc(C(O)Cc2cccc(Br)c2)n(CC)n1. The number of halogens is 1. The Kier molecular flexibility index (Phi) is 4.77. The lowest BCUT2D eigenvalue weighted by atomic mass is 10.1. The largest absolute Gasteiger partial charge is 0.386 e. The molecule has 3 nitrogen and oxygen atoms in total. The molecular weight excluding hydrogens is 304 g/mol. The minimum absolute atomic E-state index is 0.512. The summed E-state index contributed by atoms with van der Waals surface area (Å²) in [5.41, 5.74) is 3.05. The predicted octanol–water partition coefficient (Wildman–Crippen LogP) is 3.50. The molecule has 2 rings (SSSR count). The van der Waals surface area contributed by atoms with Crippen molar-refractivity contribution < 1.29 is 5.11 Å². The lowest BCUT2D eigenvalue weighted by Crippen LogP contribution is -2.10. The summed E-state index contributed by atoms with van der Waals surface area (Å²) in [5, 5.41) is 14.9. The Labute approximate surface area is 122 Å². The van der Waals surface area contributed by atoms with Gasteiger partial charge in [0, 0.05) is 17.4 Å². The molecule has 4 heteroatoms. The van der Waals surface area contributed by atoms with Gasteiger partial charge in [-0.1, -0.05) is 35.0 Å². The van der Waals surface area contributed by atoms with Gasteiger partial charge in [-0.3, -0.25) is 4.68 Å². The Balaban J connectivity index is 2.19. The van der Waals surface area contributed by atoms with Crippen molar-refractivity contribution in [2.75, 3.05) is 0 Å². The first kappa shape index (κ1) is 14.3. The van der Waals surface area contributed by atoms with Crippen molar-refractivity contribution in [1.82, 2.24) is 9.78 Å². The second kappa shape index (κ2) is 6.35. The minimum atomic E-state index is -0.512. The Morgan fingerprint density at radius 2 is 2.11 bits per heavy atom. The second-order valence-corrected chi connectivity index (χ2v) is 5.50. The van der Waals surface area contributed by atoms with E-state index in [0.29, 0.717) is 6.42 Å². The fourth-order valence-electron chi connectivity index (χ4n) is 2.17. The van der Waals surface area contributed by atoms with Gasteiger partial charge in [-0.05, 0) is 37.1 Å². The summed E-state index contributed by atoms with van der Waals surface area (Å²) in [4.78, 5) is 0. The molecule has 1 aromatic carbocycles. The molecule has 0 amide bonds. The first-order chi connectivity index (χ1) is 9.13. The number of hydrogen-bond acceptors (Lipinski definition) is 2. The summed E-state index contributed by atoms with van der Waals surface area (Å²) in [6.07, 6.45) is 0.986. The zero-order valence-electron chi connectivity index (χ0n) is 11.3. The predicted molar refractivity (Wildman–Crippen MR) is 80.1 cm³/mol. The van der Waals surface area contributed by atoms with Crippen LogP contribution in [0.1, 0.15) is 36.9 Å². The molecule has 1 heterocycles. The van der Waals surface area contributed by atoms with Gasteiger partial charge in [0.15, 0.2) is 0 Å². The standard InChI is InChI=1S/C15H19BrN2O/c1-3-13-10-14(18(4-2)17-13)15(19)9-11-6-5-7-12(16)8-11/h5-8,10,15,19H,3-4,9H2,1-2H3. The molecule has 1 unspecified atom stereocenters. The molecule has 0 saturated heterocycles. The molecular formula is C15H19BrN2O. The fourth-order valence-corrected chi connectivity index (χ4v) is 2.62. The zero-order chi connectivity index (χ0) is 13.8. The molecule has 0 bridgehead atoms. The molecule has 1 atom stereocenters. The first-order valence-electron chi connectivity index (χ1n) is 6.63. The average Bonchev–Trinajstić information content (AvgIpc) is 2.82. The van der Waals surface area contributed by atoms with Gasteiger partial charge in [-0.15, -0.1) is 0 Å².